The molecule has 0 spiro atoms. The van der Waals surface area contributed by atoms with Gasteiger partial charge in [0.25, 0.3) is 0 Å². The predicted molar refractivity (Wildman–Crippen MR) is 115 cm³/mol. The Balaban J connectivity index is 1.59. The highest BCUT2D eigenvalue weighted by molar-refractivity contribution is 6.30. The molecule has 3 aromatic rings. The van der Waals surface area contributed by atoms with Crippen molar-refractivity contribution >= 4 is 28.8 Å². The zero-order valence-electron chi connectivity index (χ0n) is 15.2. The molecule has 1 aliphatic rings. The first-order valence-electron chi connectivity index (χ1n) is 9.15. The molecule has 0 saturated heterocycles. The molecule has 0 N–H and O–H groups in total. The second-order valence-electron chi connectivity index (χ2n) is 6.61. The molecule has 28 heavy (non-hydrogen) atoms. The highest BCUT2D eigenvalue weighted by Crippen LogP contribution is 2.35. The Morgan fingerprint density at radius 1 is 0.929 bits per heavy atom. The van der Waals surface area contributed by atoms with E-state index in [0.29, 0.717) is 10.6 Å². The van der Waals surface area contributed by atoms with Gasteiger partial charge in [-0.1, -0.05) is 60.1 Å². The molecule has 0 saturated carbocycles. The van der Waals surface area contributed by atoms with Crippen LogP contribution in [0.2, 0.25) is 5.02 Å². The van der Waals surface area contributed by atoms with E-state index in [1.165, 1.54) is 5.56 Å². The summed E-state index contributed by atoms with van der Waals surface area (Å²) in [6, 6.07) is 27.4. The van der Waals surface area contributed by atoms with E-state index >= 15 is 0 Å². The molecule has 3 nitrogen and oxygen atoms in total. The fraction of sp³-hybridized carbons (Fsp3) is 0.0833. The number of anilines is 1. The quantitative estimate of drug-likeness (QED) is 0.393. The number of nitrogens with zero attached hydrogens (tertiary/aromatic N) is 2. The molecule has 4 heteroatoms. The molecular formula is C24H19ClN2O. The standard InChI is InChI=1S/C24H19ClN2O/c25-20-13-11-19(12-14-20)24(28)16-15-21-17-23(18-7-3-1-4-8-18)27(26-21)22-9-5-2-6-10-22/h1-16,23H,17H2/b16-15+/t23-/m1/s1. The second kappa shape index (κ2) is 8.24. The van der Waals surface area contributed by atoms with Crippen molar-refractivity contribution in [2.45, 2.75) is 12.5 Å². The number of carbonyl (C=O) groups excluding carboxylic acids is 1. The number of hydrazone groups is 1. The lowest BCUT2D eigenvalue weighted by atomic mass is 10.0. The van der Waals surface area contributed by atoms with Crippen molar-refractivity contribution in [3.05, 3.63) is 113 Å². The number of carbonyl (C=O) groups is 1. The molecule has 3 aromatic carbocycles. The van der Waals surface area contributed by atoms with Gasteiger partial charge in [-0.15, -0.1) is 0 Å². The van der Waals surface area contributed by atoms with Crippen LogP contribution in [0.25, 0.3) is 0 Å². The molecule has 4 rings (SSSR count). The van der Waals surface area contributed by atoms with E-state index in [0.717, 1.165) is 17.8 Å². The summed E-state index contributed by atoms with van der Waals surface area (Å²) in [6.07, 6.45) is 4.14. The van der Waals surface area contributed by atoms with Crippen LogP contribution in [0.3, 0.4) is 0 Å². The molecule has 0 radical (unpaired) electrons. The number of ketones is 1. The van der Waals surface area contributed by atoms with E-state index in [-0.39, 0.29) is 11.8 Å². The summed E-state index contributed by atoms with van der Waals surface area (Å²) in [7, 11) is 0. The molecule has 0 bridgehead atoms. The van der Waals surface area contributed by atoms with Crippen LogP contribution in [0, 0.1) is 0 Å². The first-order valence-corrected chi connectivity index (χ1v) is 9.53. The van der Waals surface area contributed by atoms with Gasteiger partial charge >= 0.3 is 0 Å². The average Bonchev–Trinajstić information content (AvgIpc) is 3.18. The average molecular weight is 387 g/mol. The van der Waals surface area contributed by atoms with Gasteiger partial charge in [0.15, 0.2) is 5.78 Å². The lowest BCUT2D eigenvalue weighted by Crippen LogP contribution is -2.18. The molecule has 0 unspecified atom stereocenters. The minimum absolute atomic E-state index is 0.0613. The lowest BCUT2D eigenvalue weighted by Gasteiger charge is -2.23. The molecule has 0 aliphatic carbocycles. The highest BCUT2D eigenvalue weighted by atomic mass is 35.5. The van der Waals surface area contributed by atoms with Crippen LogP contribution in [0.1, 0.15) is 28.4 Å². The highest BCUT2D eigenvalue weighted by Gasteiger charge is 2.28. The van der Waals surface area contributed by atoms with E-state index in [4.69, 9.17) is 16.7 Å². The second-order valence-corrected chi connectivity index (χ2v) is 7.04. The summed E-state index contributed by atoms with van der Waals surface area (Å²) in [4.78, 5) is 12.4. The zero-order chi connectivity index (χ0) is 19.3. The minimum Gasteiger partial charge on any atom is -0.289 e. The fourth-order valence-electron chi connectivity index (χ4n) is 3.27. The largest absolute Gasteiger partial charge is 0.289 e. The van der Waals surface area contributed by atoms with Gasteiger partial charge in [0.05, 0.1) is 17.4 Å². The number of rotatable bonds is 5. The molecule has 0 aromatic heterocycles. The Hall–Kier alpha value is -3.17. The number of allylic oxidation sites excluding steroid dienone is 2. The van der Waals surface area contributed by atoms with Crippen molar-refractivity contribution in [1.29, 1.82) is 0 Å². The number of hydrogen-bond acceptors (Lipinski definition) is 3. The van der Waals surface area contributed by atoms with E-state index in [2.05, 4.69) is 12.1 Å². The number of benzene rings is 3. The van der Waals surface area contributed by atoms with Crippen LogP contribution in [-0.2, 0) is 0 Å². The van der Waals surface area contributed by atoms with Gasteiger partial charge in [0.2, 0.25) is 0 Å². The SMILES string of the molecule is O=C(/C=C/C1=NN(c2ccccc2)[C@@H](c2ccccc2)C1)c1ccc(Cl)cc1. The van der Waals surface area contributed by atoms with E-state index < -0.39 is 0 Å². The van der Waals surface area contributed by atoms with Crippen molar-refractivity contribution in [2.24, 2.45) is 5.10 Å². The Labute approximate surface area is 169 Å². The van der Waals surface area contributed by atoms with Gasteiger partial charge in [-0.2, -0.15) is 5.10 Å². The summed E-state index contributed by atoms with van der Waals surface area (Å²) < 4.78 is 0. The summed E-state index contributed by atoms with van der Waals surface area (Å²) in [6.45, 7) is 0. The maximum atomic E-state index is 12.4. The number of halogens is 1. The smallest absolute Gasteiger partial charge is 0.185 e. The first kappa shape index (κ1) is 18.2. The number of para-hydroxylation sites is 1. The fourth-order valence-corrected chi connectivity index (χ4v) is 3.40. The van der Waals surface area contributed by atoms with E-state index in [9.17, 15) is 4.79 Å². The summed E-state index contributed by atoms with van der Waals surface area (Å²) in [5, 5.41) is 7.43. The first-order chi connectivity index (χ1) is 13.7. The van der Waals surface area contributed by atoms with Crippen LogP contribution < -0.4 is 5.01 Å². The maximum Gasteiger partial charge on any atom is 0.185 e. The van der Waals surface area contributed by atoms with Gasteiger partial charge < -0.3 is 0 Å². The van der Waals surface area contributed by atoms with Crippen molar-refractivity contribution < 1.29 is 4.79 Å². The van der Waals surface area contributed by atoms with Crippen molar-refractivity contribution in [1.82, 2.24) is 0 Å². The van der Waals surface area contributed by atoms with Crippen molar-refractivity contribution in [3.8, 4) is 0 Å². The number of hydrogen-bond donors (Lipinski definition) is 0. The lowest BCUT2D eigenvalue weighted by molar-refractivity contribution is 0.104. The van der Waals surface area contributed by atoms with Crippen molar-refractivity contribution in [2.75, 3.05) is 5.01 Å². The predicted octanol–water partition coefficient (Wildman–Crippen LogP) is 6.09. The molecular weight excluding hydrogens is 368 g/mol. The Morgan fingerprint density at radius 3 is 2.25 bits per heavy atom. The molecule has 1 atom stereocenters. The summed E-state index contributed by atoms with van der Waals surface area (Å²) >= 11 is 5.89. The third-order valence-corrected chi connectivity index (χ3v) is 4.95. The summed E-state index contributed by atoms with van der Waals surface area (Å²) in [5.41, 5.74) is 3.71. The van der Waals surface area contributed by atoms with E-state index in [1.54, 1.807) is 30.3 Å². The van der Waals surface area contributed by atoms with Crippen LogP contribution in [0.4, 0.5) is 5.69 Å². The molecule has 0 fully saturated rings. The third kappa shape index (κ3) is 4.05. The minimum atomic E-state index is -0.0613. The Kier molecular flexibility index (Phi) is 5.36. The zero-order valence-corrected chi connectivity index (χ0v) is 16.0. The maximum absolute atomic E-state index is 12.4. The monoisotopic (exact) mass is 386 g/mol. The molecule has 1 heterocycles. The van der Waals surface area contributed by atoms with Gasteiger partial charge in [-0.05, 0) is 54.1 Å². The van der Waals surface area contributed by atoms with Crippen LogP contribution in [0.15, 0.2) is 102 Å². The molecule has 1 aliphatic heterocycles. The van der Waals surface area contributed by atoms with Gasteiger partial charge in [0.1, 0.15) is 0 Å². The van der Waals surface area contributed by atoms with Gasteiger partial charge in [0, 0.05) is 17.0 Å². The van der Waals surface area contributed by atoms with Gasteiger partial charge in [-0.25, -0.2) is 0 Å². The van der Waals surface area contributed by atoms with E-state index in [1.807, 2.05) is 59.6 Å². The molecule has 138 valence electrons. The third-order valence-electron chi connectivity index (χ3n) is 4.69. The Bertz CT molecular complexity index is 1010. The molecule has 0 amide bonds. The Morgan fingerprint density at radius 2 is 1.57 bits per heavy atom. The van der Waals surface area contributed by atoms with Gasteiger partial charge in [-0.3, -0.25) is 9.80 Å². The summed E-state index contributed by atoms with van der Waals surface area (Å²) in [5.74, 6) is -0.0613. The topological polar surface area (TPSA) is 32.7 Å². The normalized spacial score (nSPS) is 16.4. The van der Waals surface area contributed by atoms with Crippen LogP contribution in [0.5, 0.6) is 0 Å². The van der Waals surface area contributed by atoms with Crippen LogP contribution >= 0.6 is 11.6 Å². The van der Waals surface area contributed by atoms with Crippen LogP contribution in [-0.4, -0.2) is 11.5 Å². The van der Waals surface area contributed by atoms with Crippen molar-refractivity contribution in [3.63, 3.8) is 0 Å².